The Kier molecular flexibility index (Phi) is 3.43. The van der Waals surface area contributed by atoms with E-state index in [-0.39, 0.29) is 0 Å². The minimum atomic E-state index is 0.455. The molecule has 3 rings (SSSR count). The van der Waals surface area contributed by atoms with Crippen LogP contribution in [0.25, 0.3) is 0 Å². The summed E-state index contributed by atoms with van der Waals surface area (Å²) in [6.07, 6.45) is 9.78. The fourth-order valence-corrected chi connectivity index (χ4v) is 3.55. The van der Waals surface area contributed by atoms with Crippen molar-refractivity contribution in [3.05, 3.63) is 35.4 Å². The molecule has 0 amide bonds. The van der Waals surface area contributed by atoms with Crippen LogP contribution in [0.1, 0.15) is 56.1 Å². The van der Waals surface area contributed by atoms with E-state index in [1.54, 1.807) is 5.56 Å². The van der Waals surface area contributed by atoms with Gasteiger partial charge < -0.3 is 5.32 Å². The van der Waals surface area contributed by atoms with E-state index in [4.69, 9.17) is 0 Å². The van der Waals surface area contributed by atoms with Crippen LogP contribution in [0.2, 0.25) is 0 Å². The SMILES string of the molecule is Cc1ccc(C2(CNC3CCCC3)CCC2)cc1. The van der Waals surface area contributed by atoms with Crippen LogP contribution in [0.3, 0.4) is 0 Å². The van der Waals surface area contributed by atoms with E-state index in [1.807, 2.05) is 0 Å². The van der Waals surface area contributed by atoms with E-state index in [0.29, 0.717) is 5.41 Å². The maximum atomic E-state index is 3.84. The minimum absolute atomic E-state index is 0.455. The first-order valence-corrected chi connectivity index (χ1v) is 7.59. The fraction of sp³-hybridized carbons (Fsp3) is 0.647. The zero-order valence-corrected chi connectivity index (χ0v) is 11.5. The van der Waals surface area contributed by atoms with Crippen LogP contribution in [0.4, 0.5) is 0 Å². The minimum Gasteiger partial charge on any atom is -0.313 e. The summed E-state index contributed by atoms with van der Waals surface area (Å²) >= 11 is 0. The second-order valence-corrected chi connectivity index (χ2v) is 6.36. The van der Waals surface area contributed by atoms with Crippen LogP contribution in [-0.4, -0.2) is 12.6 Å². The molecule has 0 bridgehead atoms. The Morgan fingerprint density at radius 2 is 1.72 bits per heavy atom. The number of hydrogen-bond donors (Lipinski definition) is 1. The van der Waals surface area contributed by atoms with Gasteiger partial charge in [-0.05, 0) is 38.2 Å². The molecule has 0 unspecified atom stereocenters. The zero-order chi connectivity index (χ0) is 12.4. The van der Waals surface area contributed by atoms with Crippen LogP contribution in [0, 0.1) is 6.92 Å². The molecule has 0 radical (unpaired) electrons. The monoisotopic (exact) mass is 243 g/mol. The van der Waals surface area contributed by atoms with E-state index in [9.17, 15) is 0 Å². The zero-order valence-electron chi connectivity index (χ0n) is 11.5. The molecule has 2 aliphatic carbocycles. The molecule has 0 aliphatic heterocycles. The molecular weight excluding hydrogens is 218 g/mol. The van der Waals surface area contributed by atoms with E-state index in [1.165, 1.54) is 57.1 Å². The van der Waals surface area contributed by atoms with Gasteiger partial charge in [-0.25, -0.2) is 0 Å². The largest absolute Gasteiger partial charge is 0.313 e. The second-order valence-electron chi connectivity index (χ2n) is 6.36. The highest BCUT2D eigenvalue weighted by Crippen LogP contribution is 2.43. The van der Waals surface area contributed by atoms with Gasteiger partial charge in [-0.3, -0.25) is 0 Å². The fourth-order valence-electron chi connectivity index (χ4n) is 3.55. The van der Waals surface area contributed by atoms with Gasteiger partial charge >= 0.3 is 0 Å². The molecule has 1 aromatic carbocycles. The van der Waals surface area contributed by atoms with Crippen molar-refractivity contribution in [2.24, 2.45) is 0 Å². The van der Waals surface area contributed by atoms with Gasteiger partial charge in [0, 0.05) is 18.0 Å². The van der Waals surface area contributed by atoms with Gasteiger partial charge in [-0.1, -0.05) is 49.1 Å². The van der Waals surface area contributed by atoms with Crippen molar-refractivity contribution in [3.8, 4) is 0 Å². The molecule has 0 atom stereocenters. The Bertz CT molecular complexity index is 383. The molecule has 0 spiro atoms. The van der Waals surface area contributed by atoms with Crippen molar-refractivity contribution >= 4 is 0 Å². The molecule has 2 fully saturated rings. The maximum absolute atomic E-state index is 3.84. The molecular formula is C17H25N. The topological polar surface area (TPSA) is 12.0 Å². The third-order valence-electron chi connectivity index (χ3n) is 5.06. The summed E-state index contributed by atoms with van der Waals surface area (Å²) in [4.78, 5) is 0. The third-order valence-corrected chi connectivity index (χ3v) is 5.06. The highest BCUT2D eigenvalue weighted by molar-refractivity contribution is 5.31. The van der Waals surface area contributed by atoms with Gasteiger partial charge in [0.2, 0.25) is 0 Å². The van der Waals surface area contributed by atoms with E-state index in [2.05, 4.69) is 36.5 Å². The Balaban J connectivity index is 1.67. The second kappa shape index (κ2) is 5.05. The first-order valence-electron chi connectivity index (χ1n) is 7.59. The standard InChI is InChI=1S/C17H25N/c1-14-7-9-15(10-8-14)17(11-4-12-17)13-18-16-5-2-3-6-16/h7-10,16,18H,2-6,11-13H2,1H3. The molecule has 0 heterocycles. The van der Waals surface area contributed by atoms with Gasteiger partial charge in [-0.15, -0.1) is 0 Å². The third kappa shape index (κ3) is 2.33. The molecule has 1 aromatic rings. The van der Waals surface area contributed by atoms with Crippen LogP contribution in [-0.2, 0) is 5.41 Å². The van der Waals surface area contributed by atoms with Crippen LogP contribution in [0.5, 0.6) is 0 Å². The lowest BCUT2D eigenvalue weighted by atomic mass is 9.64. The highest BCUT2D eigenvalue weighted by Gasteiger charge is 2.38. The summed E-state index contributed by atoms with van der Waals surface area (Å²) < 4.78 is 0. The van der Waals surface area contributed by atoms with Crippen molar-refractivity contribution in [3.63, 3.8) is 0 Å². The lowest BCUT2D eigenvalue weighted by Crippen LogP contribution is -2.46. The van der Waals surface area contributed by atoms with Crippen molar-refractivity contribution in [2.45, 2.75) is 63.3 Å². The number of benzene rings is 1. The predicted molar refractivity (Wildman–Crippen MR) is 77.0 cm³/mol. The van der Waals surface area contributed by atoms with E-state index < -0.39 is 0 Å². The molecule has 1 nitrogen and oxygen atoms in total. The predicted octanol–water partition coefficient (Wildman–Crippen LogP) is 3.95. The van der Waals surface area contributed by atoms with Gasteiger partial charge in [0.1, 0.15) is 0 Å². The maximum Gasteiger partial charge on any atom is 0.00779 e. The summed E-state index contributed by atoms with van der Waals surface area (Å²) in [6.45, 7) is 3.37. The quantitative estimate of drug-likeness (QED) is 0.844. The number of hydrogen-bond acceptors (Lipinski definition) is 1. The highest BCUT2D eigenvalue weighted by atomic mass is 14.9. The molecule has 1 heteroatoms. The van der Waals surface area contributed by atoms with Crippen LogP contribution >= 0.6 is 0 Å². The average Bonchev–Trinajstić information content (AvgIpc) is 2.83. The molecule has 0 aromatic heterocycles. The molecule has 18 heavy (non-hydrogen) atoms. The molecule has 98 valence electrons. The lowest BCUT2D eigenvalue weighted by molar-refractivity contribution is 0.225. The summed E-state index contributed by atoms with van der Waals surface area (Å²) in [5.41, 5.74) is 3.39. The molecule has 2 aliphatic rings. The Morgan fingerprint density at radius 3 is 2.28 bits per heavy atom. The first kappa shape index (κ1) is 12.2. The van der Waals surface area contributed by atoms with Gasteiger partial charge in [0.05, 0.1) is 0 Å². The van der Waals surface area contributed by atoms with Gasteiger partial charge in [-0.2, -0.15) is 0 Å². The Morgan fingerprint density at radius 1 is 1.06 bits per heavy atom. The van der Waals surface area contributed by atoms with Gasteiger partial charge in [0.15, 0.2) is 0 Å². The van der Waals surface area contributed by atoms with Crippen molar-refractivity contribution in [2.75, 3.05) is 6.54 Å². The molecule has 2 saturated carbocycles. The van der Waals surface area contributed by atoms with Crippen LogP contribution in [0.15, 0.2) is 24.3 Å². The molecule has 0 saturated heterocycles. The van der Waals surface area contributed by atoms with Gasteiger partial charge in [0.25, 0.3) is 0 Å². The number of aryl methyl sites for hydroxylation is 1. The Hall–Kier alpha value is -0.820. The summed E-state index contributed by atoms with van der Waals surface area (Å²) in [6, 6.07) is 10.0. The lowest BCUT2D eigenvalue weighted by Gasteiger charge is -2.43. The average molecular weight is 243 g/mol. The van der Waals surface area contributed by atoms with Crippen molar-refractivity contribution < 1.29 is 0 Å². The van der Waals surface area contributed by atoms with Crippen molar-refractivity contribution in [1.29, 1.82) is 0 Å². The Labute approximate surface area is 111 Å². The number of nitrogens with one attached hydrogen (secondary N) is 1. The van der Waals surface area contributed by atoms with E-state index >= 15 is 0 Å². The first-order chi connectivity index (χ1) is 8.78. The van der Waals surface area contributed by atoms with E-state index in [0.717, 1.165) is 6.04 Å². The molecule has 1 N–H and O–H groups in total. The summed E-state index contributed by atoms with van der Waals surface area (Å²) in [5.74, 6) is 0. The number of rotatable bonds is 4. The van der Waals surface area contributed by atoms with Crippen LogP contribution < -0.4 is 5.32 Å². The smallest absolute Gasteiger partial charge is 0.00779 e. The normalized spacial score (nSPS) is 22.9. The van der Waals surface area contributed by atoms with Crippen molar-refractivity contribution in [1.82, 2.24) is 5.32 Å². The summed E-state index contributed by atoms with van der Waals surface area (Å²) in [5, 5.41) is 3.84. The summed E-state index contributed by atoms with van der Waals surface area (Å²) in [7, 11) is 0.